The largest absolute Gasteiger partial charge is 0.381 e. The molecule has 0 bridgehead atoms. The Bertz CT molecular complexity index is 590. The summed E-state index contributed by atoms with van der Waals surface area (Å²) in [7, 11) is 0. The van der Waals surface area contributed by atoms with E-state index in [4.69, 9.17) is 22.1 Å². The third-order valence-corrected chi connectivity index (χ3v) is 5.81. The van der Waals surface area contributed by atoms with Gasteiger partial charge in [0.15, 0.2) is 0 Å². The van der Waals surface area contributed by atoms with Gasteiger partial charge in [-0.2, -0.15) is 0 Å². The lowest BCUT2D eigenvalue weighted by molar-refractivity contribution is -0.140. The molecular weight excluding hydrogens is 347 g/mol. The number of nitrogens with zero attached hydrogens (tertiary/aromatic N) is 1. The maximum atomic E-state index is 13.4. The van der Waals surface area contributed by atoms with E-state index in [0.717, 1.165) is 25.1 Å². The Balaban J connectivity index is 0.00000208. The smallest absolute Gasteiger partial charge is 0.233 e. The van der Waals surface area contributed by atoms with E-state index >= 15 is 0 Å². The topological polar surface area (TPSA) is 55.6 Å². The van der Waals surface area contributed by atoms with Gasteiger partial charge >= 0.3 is 0 Å². The van der Waals surface area contributed by atoms with Gasteiger partial charge in [0.2, 0.25) is 5.91 Å². The Morgan fingerprint density at radius 2 is 1.96 bits per heavy atom. The molecule has 0 aromatic heterocycles. The molecule has 1 atom stereocenters. The van der Waals surface area contributed by atoms with Gasteiger partial charge in [-0.1, -0.05) is 36.7 Å². The van der Waals surface area contributed by atoms with E-state index in [1.165, 1.54) is 0 Å². The summed E-state index contributed by atoms with van der Waals surface area (Å²) in [4.78, 5) is 15.4. The molecule has 1 unspecified atom stereocenters. The van der Waals surface area contributed by atoms with Crippen LogP contribution >= 0.6 is 24.0 Å². The SMILES string of the molecule is CC1(CN)CCN(C(=O)C2(c3ccccc3Cl)CCOCC2)C1.Cl. The molecule has 2 saturated heterocycles. The second-order valence-corrected chi connectivity index (χ2v) is 7.57. The molecule has 24 heavy (non-hydrogen) atoms. The van der Waals surface area contributed by atoms with Gasteiger partial charge in [0, 0.05) is 31.3 Å². The van der Waals surface area contributed by atoms with Gasteiger partial charge < -0.3 is 15.4 Å². The van der Waals surface area contributed by atoms with Gasteiger partial charge in [0.05, 0.1) is 5.41 Å². The number of ether oxygens (including phenoxy) is 1. The highest BCUT2D eigenvalue weighted by atomic mass is 35.5. The quantitative estimate of drug-likeness (QED) is 0.886. The number of hydrogen-bond acceptors (Lipinski definition) is 3. The molecule has 2 aliphatic rings. The van der Waals surface area contributed by atoms with Crippen molar-refractivity contribution in [3.05, 3.63) is 34.9 Å². The van der Waals surface area contributed by atoms with Crippen LogP contribution in [0, 0.1) is 5.41 Å². The monoisotopic (exact) mass is 372 g/mol. The molecule has 3 rings (SSSR count). The summed E-state index contributed by atoms with van der Waals surface area (Å²) >= 11 is 6.45. The highest BCUT2D eigenvalue weighted by molar-refractivity contribution is 6.31. The molecule has 6 heteroatoms. The fraction of sp³-hybridized carbons (Fsp3) is 0.611. The summed E-state index contributed by atoms with van der Waals surface area (Å²) in [5.74, 6) is 0.186. The summed E-state index contributed by atoms with van der Waals surface area (Å²) in [6.45, 7) is 5.47. The minimum atomic E-state index is -0.559. The Morgan fingerprint density at radius 3 is 2.54 bits per heavy atom. The molecule has 2 fully saturated rings. The molecule has 1 aromatic carbocycles. The van der Waals surface area contributed by atoms with Gasteiger partial charge in [-0.05, 0) is 42.9 Å². The third-order valence-electron chi connectivity index (χ3n) is 5.48. The number of rotatable bonds is 3. The number of likely N-dealkylation sites (tertiary alicyclic amines) is 1. The number of amides is 1. The molecule has 1 aromatic rings. The van der Waals surface area contributed by atoms with Crippen LogP contribution in [0.4, 0.5) is 0 Å². The van der Waals surface area contributed by atoms with Crippen molar-refractivity contribution in [1.29, 1.82) is 0 Å². The van der Waals surface area contributed by atoms with E-state index in [1.54, 1.807) is 0 Å². The van der Waals surface area contributed by atoms with E-state index in [0.29, 0.717) is 37.6 Å². The number of nitrogens with two attached hydrogens (primary N) is 1. The highest BCUT2D eigenvalue weighted by Gasteiger charge is 2.47. The molecule has 0 spiro atoms. The number of benzene rings is 1. The van der Waals surface area contributed by atoms with E-state index in [9.17, 15) is 4.79 Å². The van der Waals surface area contributed by atoms with Crippen LogP contribution < -0.4 is 5.73 Å². The zero-order valence-corrected chi connectivity index (χ0v) is 15.7. The van der Waals surface area contributed by atoms with Crippen molar-refractivity contribution in [2.24, 2.45) is 11.1 Å². The molecule has 0 aliphatic carbocycles. The third kappa shape index (κ3) is 3.43. The average molecular weight is 373 g/mol. The maximum Gasteiger partial charge on any atom is 0.233 e. The minimum Gasteiger partial charge on any atom is -0.381 e. The number of hydrogen-bond donors (Lipinski definition) is 1. The van der Waals surface area contributed by atoms with Crippen molar-refractivity contribution >= 4 is 29.9 Å². The fourth-order valence-electron chi connectivity index (χ4n) is 3.83. The molecule has 4 nitrogen and oxygen atoms in total. The van der Waals surface area contributed by atoms with Crippen molar-refractivity contribution in [2.45, 2.75) is 31.6 Å². The lowest BCUT2D eigenvalue weighted by Gasteiger charge is -2.40. The van der Waals surface area contributed by atoms with Crippen molar-refractivity contribution < 1.29 is 9.53 Å². The summed E-state index contributed by atoms with van der Waals surface area (Å²) in [6, 6.07) is 7.73. The predicted molar refractivity (Wildman–Crippen MR) is 98.8 cm³/mol. The van der Waals surface area contributed by atoms with E-state index in [1.807, 2.05) is 29.2 Å². The Morgan fingerprint density at radius 1 is 1.29 bits per heavy atom. The molecular formula is C18H26Cl2N2O2. The van der Waals surface area contributed by atoms with Crippen LogP contribution in [0.2, 0.25) is 5.02 Å². The number of halogens is 2. The lowest BCUT2D eigenvalue weighted by atomic mass is 9.73. The van der Waals surface area contributed by atoms with E-state index < -0.39 is 5.41 Å². The lowest BCUT2D eigenvalue weighted by Crippen LogP contribution is -2.50. The van der Waals surface area contributed by atoms with E-state index in [-0.39, 0.29) is 23.7 Å². The van der Waals surface area contributed by atoms with Crippen LogP contribution in [0.15, 0.2) is 24.3 Å². The van der Waals surface area contributed by atoms with Crippen molar-refractivity contribution in [3.63, 3.8) is 0 Å². The second kappa shape index (κ2) is 7.61. The normalized spacial score (nSPS) is 26.0. The van der Waals surface area contributed by atoms with Crippen LogP contribution in [-0.2, 0) is 14.9 Å². The van der Waals surface area contributed by atoms with Crippen molar-refractivity contribution in [3.8, 4) is 0 Å². The summed E-state index contributed by atoms with van der Waals surface area (Å²) in [5.41, 5.74) is 6.31. The summed E-state index contributed by atoms with van der Waals surface area (Å²) in [5, 5.41) is 0.670. The molecule has 134 valence electrons. The molecule has 2 heterocycles. The molecule has 2 aliphatic heterocycles. The van der Waals surface area contributed by atoms with Crippen LogP contribution in [0.3, 0.4) is 0 Å². The average Bonchev–Trinajstić information content (AvgIpc) is 2.98. The molecule has 1 amide bonds. The highest BCUT2D eigenvalue weighted by Crippen LogP contribution is 2.42. The first-order valence-corrected chi connectivity index (χ1v) is 8.71. The molecule has 2 N–H and O–H groups in total. The maximum absolute atomic E-state index is 13.4. The minimum absolute atomic E-state index is 0. The van der Waals surface area contributed by atoms with Crippen LogP contribution in [-0.4, -0.2) is 43.7 Å². The summed E-state index contributed by atoms with van der Waals surface area (Å²) < 4.78 is 5.53. The van der Waals surface area contributed by atoms with Gasteiger partial charge in [-0.25, -0.2) is 0 Å². The fourth-order valence-corrected chi connectivity index (χ4v) is 4.15. The Hall–Kier alpha value is -0.810. The van der Waals surface area contributed by atoms with Crippen molar-refractivity contribution in [2.75, 3.05) is 32.8 Å². The van der Waals surface area contributed by atoms with Crippen LogP contribution in [0.1, 0.15) is 31.7 Å². The van der Waals surface area contributed by atoms with Crippen LogP contribution in [0.25, 0.3) is 0 Å². The van der Waals surface area contributed by atoms with Gasteiger partial charge in [0.25, 0.3) is 0 Å². The first-order valence-electron chi connectivity index (χ1n) is 8.33. The number of carbonyl (C=O) groups excluding carboxylic acids is 1. The van der Waals surface area contributed by atoms with E-state index in [2.05, 4.69) is 6.92 Å². The Kier molecular flexibility index (Phi) is 6.19. The van der Waals surface area contributed by atoms with Crippen molar-refractivity contribution in [1.82, 2.24) is 4.90 Å². The first-order chi connectivity index (χ1) is 11.0. The first kappa shape index (κ1) is 19.5. The Labute approximate surface area is 155 Å². The predicted octanol–water partition coefficient (Wildman–Crippen LogP) is 3.01. The van der Waals surface area contributed by atoms with Crippen LogP contribution in [0.5, 0.6) is 0 Å². The van der Waals surface area contributed by atoms with Gasteiger partial charge in [0.1, 0.15) is 0 Å². The zero-order valence-electron chi connectivity index (χ0n) is 14.1. The molecule has 0 saturated carbocycles. The molecule has 0 radical (unpaired) electrons. The van der Waals surface area contributed by atoms with Gasteiger partial charge in [-0.15, -0.1) is 12.4 Å². The number of carbonyl (C=O) groups is 1. The standard InChI is InChI=1S/C18H25ClN2O2.ClH/c1-17(12-20)6-9-21(13-17)16(22)18(7-10-23-11-8-18)14-4-2-3-5-15(14)19;/h2-5H,6-13,20H2,1H3;1H. The summed E-state index contributed by atoms with van der Waals surface area (Å²) in [6.07, 6.45) is 2.33. The van der Waals surface area contributed by atoms with Gasteiger partial charge in [-0.3, -0.25) is 4.79 Å². The zero-order chi connectivity index (χ0) is 16.5. The second-order valence-electron chi connectivity index (χ2n) is 7.17.